The van der Waals surface area contributed by atoms with E-state index in [9.17, 15) is 17.2 Å². The van der Waals surface area contributed by atoms with Crippen molar-refractivity contribution < 1.29 is 17.2 Å². The molecule has 56 valence electrons. The molecular weight excluding hydrogens is 174 g/mol. The quantitative estimate of drug-likeness (QED) is 0.609. The molecule has 0 unspecified atom stereocenters. The number of halogens is 3. The first-order valence-corrected chi connectivity index (χ1v) is 4.60. The molecule has 0 N–H and O–H groups in total. The highest BCUT2D eigenvalue weighted by atomic mass is 35.7. The van der Waals surface area contributed by atoms with Gasteiger partial charge >= 0.3 is 0 Å². The van der Waals surface area contributed by atoms with Gasteiger partial charge in [-0.25, -0.2) is 17.2 Å². The van der Waals surface area contributed by atoms with Crippen LogP contribution in [0.2, 0.25) is 0 Å². The normalized spacial score (nSPS) is 12.4. The standard InChI is InChI=1S/C3H5ClF2O2S/c4-9(7,8)2-1-3(5)6/h3H,1-2H2. The maximum absolute atomic E-state index is 11.2. The Bertz CT molecular complexity index is 165. The molecule has 0 amide bonds. The Kier molecular flexibility index (Phi) is 3.35. The Morgan fingerprint density at radius 1 is 1.44 bits per heavy atom. The predicted molar refractivity (Wildman–Crippen MR) is 30.3 cm³/mol. The lowest BCUT2D eigenvalue weighted by Gasteiger charge is -1.92. The highest BCUT2D eigenvalue weighted by Crippen LogP contribution is 2.04. The van der Waals surface area contributed by atoms with Gasteiger partial charge in [-0.3, -0.25) is 0 Å². The van der Waals surface area contributed by atoms with Gasteiger partial charge < -0.3 is 0 Å². The minimum Gasteiger partial charge on any atom is -0.212 e. The molecule has 0 aromatic rings. The molecule has 0 aromatic heterocycles. The molecular formula is C3H5ClF2O2S. The molecule has 0 atom stereocenters. The van der Waals surface area contributed by atoms with E-state index in [4.69, 9.17) is 0 Å². The summed E-state index contributed by atoms with van der Waals surface area (Å²) in [6.45, 7) is 0. The van der Waals surface area contributed by atoms with Crippen LogP contribution in [-0.4, -0.2) is 20.6 Å². The van der Waals surface area contributed by atoms with Crippen LogP contribution in [0.5, 0.6) is 0 Å². The Morgan fingerprint density at radius 2 is 1.89 bits per heavy atom. The number of hydrogen-bond acceptors (Lipinski definition) is 2. The van der Waals surface area contributed by atoms with Gasteiger partial charge in [0, 0.05) is 17.1 Å². The Balaban J connectivity index is 3.53. The van der Waals surface area contributed by atoms with E-state index in [0.29, 0.717) is 0 Å². The Morgan fingerprint density at radius 3 is 2.00 bits per heavy atom. The van der Waals surface area contributed by atoms with Crippen molar-refractivity contribution in [2.75, 3.05) is 5.75 Å². The van der Waals surface area contributed by atoms with Crippen LogP contribution in [0.3, 0.4) is 0 Å². The predicted octanol–water partition coefficient (Wildman–Crippen LogP) is 1.21. The van der Waals surface area contributed by atoms with Gasteiger partial charge in [0.1, 0.15) is 0 Å². The zero-order valence-corrected chi connectivity index (χ0v) is 5.92. The molecule has 0 saturated carbocycles. The smallest absolute Gasteiger partial charge is 0.212 e. The van der Waals surface area contributed by atoms with E-state index in [1.807, 2.05) is 0 Å². The average Bonchev–Trinajstić information content (AvgIpc) is 1.59. The third-order valence-corrected chi connectivity index (χ3v) is 1.77. The van der Waals surface area contributed by atoms with Gasteiger partial charge in [0.2, 0.25) is 15.5 Å². The van der Waals surface area contributed by atoms with Gasteiger partial charge in [0.15, 0.2) is 0 Å². The molecule has 0 heterocycles. The van der Waals surface area contributed by atoms with E-state index < -0.39 is 27.6 Å². The third kappa shape index (κ3) is 8.10. The second-order valence-corrected chi connectivity index (χ2v) is 4.32. The van der Waals surface area contributed by atoms with Crippen LogP contribution in [0.25, 0.3) is 0 Å². The molecule has 2 nitrogen and oxygen atoms in total. The van der Waals surface area contributed by atoms with Crippen molar-refractivity contribution in [3.63, 3.8) is 0 Å². The summed E-state index contributed by atoms with van der Waals surface area (Å²) in [5.74, 6) is -0.660. The van der Waals surface area contributed by atoms with Crippen LogP contribution in [0, 0.1) is 0 Å². The molecule has 0 aromatic carbocycles. The third-order valence-electron chi connectivity index (χ3n) is 0.580. The van der Waals surface area contributed by atoms with Crippen LogP contribution in [0.1, 0.15) is 6.42 Å². The zero-order valence-electron chi connectivity index (χ0n) is 4.35. The highest BCUT2D eigenvalue weighted by Gasteiger charge is 2.09. The van der Waals surface area contributed by atoms with Crippen molar-refractivity contribution in [1.29, 1.82) is 0 Å². The van der Waals surface area contributed by atoms with Crippen molar-refractivity contribution in [2.24, 2.45) is 0 Å². The van der Waals surface area contributed by atoms with Crippen molar-refractivity contribution >= 4 is 19.7 Å². The summed E-state index contributed by atoms with van der Waals surface area (Å²) in [7, 11) is 0.889. The van der Waals surface area contributed by atoms with Gasteiger partial charge in [-0.1, -0.05) is 0 Å². The highest BCUT2D eigenvalue weighted by molar-refractivity contribution is 8.13. The molecule has 0 radical (unpaired) electrons. The average molecular weight is 179 g/mol. The summed E-state index contributed by atoms with van der Waals surface area (Å²) in [5.41, 5.74) is 0. The lowest BCUT2D eigenvalue weighted by molar-refractivity contribution is 0.145. The lowest BCUT2D eigenvalue weighted by atomic mass is 10.5. The Labute approximate surface area is 56.2 Å². The second kappa shape index (κ2) is 3.31. The van der Waals surface area contributed by atoms with Crippen molar-refractivity contribution in [3.8, 4) is 0 Å². The summed E-state index contributed by atoms with van der Waals surface area (Å²) in [6.07, 6.45) is -3.29. The fraction of sp³-hybridized carbons (Fsp3) is 1.00. The molecule has 0 aliphatic heterocycles. The number of rotatable bonds is 3. The van der Waals surface area contributed by atoms with Gasteiger partial charge in [0.25, 0.3) is 0 Å². The minimum atomic E-state index is -3.73. The SMILES string of the molecule is O=S(=O)(Cl)CCC(F)F. The van der Waals surface area contributed by atoms with E-state index >= 15 is 0 Å². The van der Waals surface area contributed by atoms with E-state index in [0.717, 1.165) is 0 Å². The van der Waals surface area contributed by atoms with Crippen LogP contribution < -0.4 is 0 Å². The second-order valence-electron chi connectivity index (χ2n) is 1.42. The summed E-state index contributed by atoms with van der Waals surface area (Å²) in [4.78, 5) is 0. The maximum Gasteiger partial charge on any atom is 0.239 e. The topological polar surface area (TPSA) is 34.1 Å². The molecule has 9 heavy (non-hydrogen) atoms. The first kappa shape index (κ1) is 9.10. The van der Waals surface area contributed by atoms with E-state index in [1.54, 1.807) is 0 Å². The lowest BCUT2D eigenvalue weighted by Crippen LogP contribution is -2.02. The fourth-order valence-corrected chi connectivity index (χ4v) is 0.957. The molecule has 0 rings (SSSR count). The summed E-state index contributed by atoms with van der Waals surface area (Å²) >= 11 is 0. The van der Waals surface area contributed by atoms with Gasteiger partial charge in [-0.2, -0.15) is 0 Å². The fourth-order valence-electron chi connectivity index (χ4n) is 0.230. The van der Waals surface area contributed by atoms with Crippen LogP contribution in [-0.2, 0) is 9.05 Å². The molecule has 0 aliphatic carbocycles. The van der Waals surface area contributed by atoms with Gasteiger partial charge in [-0.05, 0) is 0 Å². The number of alkyl halides is 2. The summed E-state index contributed by atoms with van der Waals surface area (Å²) in [5, 5.41) is 0. The molecule has 6 heteroatoms. The number of hydrogen-bond donors (Lipinski definition) is 0. The van der Waals surface area contributed by atoms with Gasteiger partial charge in [0.05, 0.1) is 5.75 Å². The van der Waals surface area contributed by atoms with Crippen molar-refractivity contribution in [2.45, 2.75) is 12.8 Å². The maximum atomic E-state index is 11.2. The monoisotopic (exact) mass is 178 g/mol. The first-order valence-electron chi connectivity index (χ1n) is 2.12. The molecule has 0 spiro atoms. The van der Waals surface area contributed by atoms with Gasteiger partial charge in [-0.15, -0.1) is 0 Å². The van der Waals surface area contributed by atoms with Crippen molar-refractivity contribution in [1.82, 2.24) is 0 Å². The van der Waals surface area contributed by atoms with Crippen LogP contribution >= 0.6 is 10.7 Å². The molecule has 0 bridgehead atoms. The molecule has 0 saturated heterocycles. The van der Waals surface area contributed by atoms with Crippen LogP contribution in [0.4, 0.5) is 8.78 Å². The zero-order chi connectivity index (χ0) is 7.49. The first-order chi connectivity index (χ1) is 3.92. The van der Waals surface area contributed by atoms with E-state index in [-0.39, 0.29) is 0 Å². The summed E-state index contributed by atoms with van der Waals surface area (Å²) < 4.78 is 42.4. The molecule has 0 aliphatic rings. The van der Waals surface area contributed by atoms with Crippen molar-refractivity contribution in [3.05, 3.63) is 0 Å². The Hall–Kier alpha value is 0.1000. The largest absolute Gasteiger partial charge is 0.239 e. The summed E-state index contributed by atoms with van der Waals surface area (Å²) in [6, 6.07) is 0. The van der Waals surface area contributed by atoms with Crippen LogP contribution in [0.15, 0.2) is 0 Å². The minimum absolute atomic E-state index is 0.660. The van der Waals surface area contributed by atoms with E-state index in [2.05, 4.69) is 10.7 Å². The van der Waals surface area contributed by atoms with E-state index in [1.165, 1.54) is 0 Å². The molecule has 0 fully saturated rings.